The summed E-state index contributed by atoms with van der Waals surface area (Å²) in [6.45, 7) is 5.58. The summed E-state index contributed by atoms with van der Waals surface area (Å²) >= 11 is 0. The van der Waals surface area contributed by atoms with Crippen molar-refractivity contribution in [1.29, 1.82) is 0 Å². The quantitative estimate of drug-likeness (QED) is 0.605. The van der Waals surface area contributed by atoms with Crippen LogP contribution in [0.2, 0.25) is 13.1 Å². The fourth-order valence-corrected chi connectivity index (χ4v) is 11.5. The molecule has 5 heteroatoms. The first-order chi connectivity index (χ1) is 12.9. The van der Waals surface area contributed by atoms with Crippen LogP contribution >= 0.6 is 0 Å². The lowest BCUT2D eigenvalue weighted by Gasteiger charge is -2.37. The molecule has 3 nitrogen and oxygen atoms in total. The van der Waals surface area contributed by atoms with E-state index in [4.69, 9.17) is 8.54 Å². The average Bonchev–Trinajstić information content (AvgIpc) is 2.69. The maximum Gasteiger partial charge on any atom is 0.422 e. The van der Waals surface area contributed by atoms with Crippen LogP contribution < -0.4 is 15.6 Å². The summed E-state index contributed by atoms with van der Waals surface area (Å²) in [4.78, 5) is 11.9. The average molecular weight is 393 g/mol. The van der Waals surface area contributed by atoms with E-state index < -0.39 is 16.9 Å². The molecule has 0 saturated carbocycles. The van der Waals surface area contributed by atoms with E-state index >= 15 is 0 Å². The summed E-state index contributed by atoms with van der Waals surface area (Å²) in [7, 11) is -5.58. The van der Waals surface area contributed by atoms with Gasteiger partial charge in [0, 0.05) is 12.1 Å². The van der Waals surface area contributed by atoms with Gasteiger partial charge in [0.05, 0.1) is 0 Å². The molecule has 0 N–H and O–H groups in total. The second-order valence-corrected chi connectivity index (χ2v) is 13.5. The molecule has 0 fully saturated rings. The minimum absolute atomic E-state index is 0.314. The van der Waals surface area contributed by atoms with Crippen LogP contribution in [0.15, 0.2) is 91.0 Å². The van der Waals surface area contributed by atoms with Crippen molar-refractivity contribution in [2.45, 2.75) is 20.0 Å². The van der Waals surface area contributed by atoms with Crippen LogP contribution in [0.25, 0.3) is 0 Å². The van der Waals surface area contributed by atoms with Crippen LogP contribution in [-0.2, 0) is 13.3 Å². The lowest BCUT2D eigenvalue weighted by molar-refractivity contribution is -0.133. The van der Waals surface area contributed by atoms with Crippen molar-refractivity contribution in [2.75, 3.05) is 0 Å². The van der Waals surface area contributed by atoms with Crippen LogP contribution in [0.5, 0.6) is 0 Å². The van der Waals surface area contributed by atoms with E-state index in [1.165, 1.54) is 6.92 Å². The molecular formula is C22H24O3Si2. The van der Waals surface area contributed by atoms with Gasteiger partial charge in [0.1, 0.15) is 0 Å². The standard InChI is InChI=1S/C22H24O3Si2/c1-19(23)24-27(3,22-17-11-6-12-18-22)25-26(2,20-13-7-4-8-14-20)21-15-9-5-10-16-21/h4-18H,1-3H3. The highest BCUT2D eigenvalue weighted by Gasteiger charge is 2.47. The van der Waals surface area contributed by atoms with E-state index in [9.17, 15) is 4.79 Å². The Bertz CT molecular complexity index is 846. The first-order valence-corrected chi connectivity index (χ1v) is 13.7. The summed E-state index contributed by atoms with van der Waals surface area (Å²) in [6, 6.07) is 30.4. The zero-order valence-corrected chi connectivity index (χ0v) is 17.9. The second-order valence-electron chi connectivity index (χ2n) is 6.77. The molecule has 0 radical (unpaired) electrons. The number of rotatable bonds is 6. The molecule has 0 spiro atoms. The molecule has 0 saturated heterocycles. The van der Waals surface area contributed by atoms with Gasteiger partial charge < -0.3 is 8.54 Å². The lowest BCUT2D eigenvalue weighted by Crippen LogP contribution is -2.67. The molecule has 0 aliphatic rings. The molecule has 1 unspecified atom stereocenters. The van der Waals surface area contributed by atoms with Gasteiger partial charge in [-0.05, 0) is 23.5 Å². The second kappa shape index (κ2) is 8.04. The minimum Gasteiger partial charge on any atom is -0.491 e. The third-order valence-electron chi connectivity index (χ3n) is 4.68. The molecule has 1 atom stereocenters. The molecule has 3 aromatic carbocycles. The van der Waals surface area contributed by atoms with Gasteiger partial charge >= 0.3 is 8.56 Å². The fraction of sp³-hybridized carbons (Fsp3) is 0.136. The van der Waals surface area contributed by atoms with Gasteiger partial charge in [-0.3, -0.25) is 4.79 Å². The maximum atomic E-state index is 11.9. The van der Waals surface area contributed by atoms with Crippen LogP contribution in [0.3, 0.4) is 0 Å². The SMILES string of the molecule is CC(=O)O[Si](C)(O[Si](C)(c1ccccc1)c1ccccc1)c1ccccc1. The Balaban J connectivity index is 2.13. The van der Waals surface area contributed by atoms with Gasteiger partial charge in [-0.25, -0.2) is 0 Å². The van der Waals surface area contributed by atoms with Crippen molar-refractivity contribution in [1.82, 2.24) is 0 Å². The smallest absolute Gasteiger partial charge is 0.422 e. The van der Waals surface area contributed by atoms with E-state index in [1.54, 1.807) is 0 Å². The molecule has 0 heterocycles. The summed E-state index contributed by atoms with van der Waals surface area (Å²) in [5.74, 6) is -0.314. The van der Waals surface area contributed by atoms with Crippen molar-refractivity contribution < 1.29 is 13.3 Å². The highest BCUT2D eigenvalue weighted by Crippen LogP contribution is 2.18. The predicted molar refractivity (Wildman–Crippen MR) is 114 cm³/mol. The molecular weight excluding hydrogens is 368 g/mol. The third kappa shape index (κ3) is 4.27. The Hall–Kier alpha value is -2.48. The summed E-state index contributed by atoms with van der Waals surface area (Å²) in [5.41, 5.74) is 0. The molecule has 3 aromatic rings. The zero-order chi connectivity index (χ0) is 19.3. The molecule has 0 aliphatic carbocycles. The fourth-order valence-electron chi connectivity index (χ4n) is 3.34. The van der Waals surface area contributed by atoms with Gasteiger partial charge in [-0.1, -0.05) is 91.0 Å². The van der Waals surface area contributed by atoms with Crippen molar-refractivity contribution in [3.05, 3.63) is 91.0 Å². The van der Waals surface area contributed by atoms with Gasteiger partial charge in [0.15, 0.2) is 0 Å². The van der Waals surface area contributed by atoms with Gasteiger partial charge in [-0.2, -0.15) is 0 Å². The van der Waals surface area contributed by atoms with Crippen LogP contribution in [0.4, 0.5) is 0 Å². The molecule has 0 aliphatic heterocycles. The highest BCUT2D eigenvalue weighted by atomic mass is 28.4. The van der Waals surface area contributed by atoms with E-state index in [2.05, 4.69) is 30.8 Å². The monoisotopic (exact) mass is 392 g/mol. The largest absolute Gasteiger partial charge is 0.491 e. The van der Waals surface area contributed by atoms with E-state index in [-0.39, 0.29) is 5.97 Å². The Labute approximate surface area is 163 Å². The summed E-state index contributed by atoms with van der Waals surface area (Å²) < 4.78 is 12.8. The van der Waals surface area contributed by atoms with Gasteiger partial charge in [0.25, 0.3) is 5.97 Å². The number of carbonyl (C=O) groups is 1. The molecule has 3 rings (SSSR count). The molecule has 0 aromatic heterocycles. The van der Waals surface area contributed by atoms with E-state index in [0.29, 0.717) is 0 Å². The Kier molecular flexibility index (Phi) is 5.75. The lowest BCUT2D eigenvalue weighted by atomic mass is 10.4. The van der Waals surface area contributed by atoms with E-state index in [1.807, 2.05) is 73.3 Å². The van der Waals surface area contributed by atoms with Gasteiger partial charge in [-0.15, -0.1) is 0 Å². The number of carbonyl (C=O) groups excluding carboxylic acids is 1. The number of hydrogen-bond acceptors (Lipinski definition) is 3. The van der Waals surface area contributed by atoms with Crippen LogP contribution in [0.1, 0.15) is 6.92 Å². The first-order valence-electron chi connectivity index (χ1n) is 9.00. The van der Waals surface area contributed by atoms with Crippen LogP contribution in [0, 0.1) is 0 Å². The topological polar surface area (TPSA) is 35.5 Å². The predicted octanol–water partition coefficient (Wildman–Crippen LogP) is 2.94. The number of benzene rings is 3. The van der Waals surface area contributed by atoms with Crippen molar-refractivity contribution >= 4 is 38.4 Å². The summed E-state index contributed by atoms with van der Waals surface area (Å²) in [6.07, 6.45) is 0. The Morgan fingerprint density at radius 2 is 1.04 bits per heavy atom. The zero-order valence-electron chi connectivity index (χ0n) is 15.9. The first kappa shape index (κ1) is 19.3. The summed E-state index contributed by atoms with van der Waals surface area (Å²) in [5, 5.41) is 3.25. The third-order valence-corrected chi connectivity index (χ3v) is 12.8. The normalized spacial score (nSPS) is 13.6. The van der Waals surface area contributed by atoms with Crippen molar-refractivity contribution in [3.8, 4) is 0 Å². The molecule has 0 amide bonds. The molecule has 27 heavy (non-hydrogen) atoms. The van der Waals surface area contributed by atoms with E-state index in [0.717, 1.165) is 15.6 Å². The molecule has 0 bridgehead atoms. The Morgan fingerprint density at radius 1 is 0.667 bits per heavy atom. The number of hydrogen-bond donors (Lipinski definition) is 0. The highest BCUT2D eigenvalue weighted by molar-refractivity contribution is 7.03. The van der Waals surface area contributed by atoms with Crippen molar-refractivity contribution in [3.63, 3.8) is 0 Å². The van der Waals surface area contributed by atoms with Crippen LogP contribution in [-0.4, -0.2) is 22.8 Å². The Morgan fingerprint density at radius 3 is 1.41 bits per heavy atom. The maximum absolute atomic E-state index is 11.9. The van der Waals surface area contributed by atoms with Gasteiger partial charge in [0.2, 0.25) is 8.32 Å². The molecule has 138 valence electrons. The van der Waals surface area contributed by atoms with Crippen molar-refractivity contribution in [2.24, 2.45) is 0 Å². The minimum atomic E-state index is -2.98.